The summed E-state index contributed by atoms with van der Waals surface area (Å²) in [6.45, 7) is 1.71. The van der Waals surface area contributed by atoms with Crippen LogP contribution in [0.5, 0.6) is 0 Å². The molecule has 0 aromatic carbocycles. The number of carboxylic acids is 1. The molecule has 1 amide bonds. The minimum Gasteiger partial charge on any atom is -0.480 e. The second-order valence-electron chi connectivity index (χ2n) is 4.09. The van der Waals surface area contributed by atoms with Crippen molar-refractivity contribution in [2.45, 2.75) is 19.4 Å². The van der Waals surface area contributed by atoms with Crippen LogP contribution in [0, 0.1) is 0 Å². The molecule has 0 saturated carbocycles. The molecule has 1 saturated heterocycles. The number of hydrogen-bond donors (Lipinski definition) is 1. The van der Waals surface area contributed by atoms with Crippen molar-refractivity contribution in [2.75, 3.05) is 0 Å². The van der Waals surface area contributed by atoms with Crippen molar-refractivity contribution in [1.29, 1.82) is 0 Å². The third-order valence-corrected chi connectivity index (χ3v) is 4.14. The van der Waals surface area contributed by atoms with Gasteiger partial charge in [0, 0.05) is 12.4 Å². The summed E-state index contributed by atoms with van der Waals surface area (Å²) in [7, 11) is 0. The summed E-state index contributed by atoms with van der Waals surface area (Å²) in [5, 5.41) is 9.15. The molecule has 1 unspecified atom stereocenters. The van der Waals surface area contributed by atoms with E-state index in [1.807, 2.05) is 0 Å². The number of thioether (sulfide) groups is 1. The van der Waals surface area contributed by atoms with E-state index in [2.05, 4.69) is 4.98 Å². The maximum Gasteiger partial charge on any atom is 0.326 e. The SMILES string of the molecule is CCC(C(=O)O)N1C(=O)/C(=C/c2ccncc2)SC1=S. The molecular weight excluding hydrogens is 296 g/mol. The molecule has 0 spiro atoms. The van der Waals surface area contributed by atoms with Crippen molar-refractivity contribution >= 4 is 46.3 Å². The normalized spacial score (nSPS) is 18.6. The quantitative estimate of drug-likeness (QED) is 0.679. The Balaban J connectivity index is 2.29. The van der Waals surface area contributed by atoms with Crippen LogP contribution in [0.25, 0.3) is 6.08 Å². The van der Waals surface area contributed by atoms with Crippen LogP contribution >= 0.6 is 24.0 Å². The number of rotatable bonds is 4. The highest BCUT2D eigenvalue weighted by Gasteiger charge is 2.39. The fourth-order valence-electron chi connectivity index (χ4n) is 1.83. The second-order valence-corrected chi connectivity index (χ2v) is 5.77. The van der Waals surface area contributed by atoms with E-state index in [1.54, 1.807) is 37.5 Å². The zero-order valence-electron chi connectivity index (χ0n) is 10.6. The number of carbonyl (C=O) groups is 2. The lowest BCUT2D eigenvalue weighted by atomic mass is 10.2. The number of amides is 1. The van der Waals surface area contributed by atoms with Gasteiger partial charge in [-0.3, -0.25) is 14.7 Å². The van der Waals surface area contributed by atoms with E-state index in [0.717, 1.165) is 17.3 Å². The van der Waals surface area contributed by atoms with Crippen LogP contribution < -0.4 is 0 Å². The van der Waals surface area contributed by atoms with Gasteiger partial charge in [-0.1, -0.05) is 30.9 Å². The zero-order valence-corrected chi connectivity index (χ0v) is 12.3. The Hall–Kier alpha value is -1.73. The van der Waals surface area contributed by atoms with Gasteiger partial charge in [-0.15, -0.1) is 0 Å². The first kappa shape index (κ1) is 14.7. The first-order valence-electron chi connectivity index (χ1n) is 5.94. The summed E-state index contributed by atoms with van der Waals surface area (Å²) < 4.78 is 0.282. The molecule has 7 heteroatoms. The number of nitrogens with zero attached hydrogens (tertiary/aromatic N) is 2. The topological polar surface area (TPSA) is 70.5 Å². The summed E-state index contributed by atoms with van der Waals surface area (Å²) in [6.07, 6.45) is 5.25. The van der Waals surface area contributed by atoms with Gasteiger partial charge in [-0.2, -0.15) is 0 Å². The number of aromatic nitrogens is 1. The van der Waals surface area contributed by atoms with E-state index in [-0.39, 0.29) is 10.2 Å². The van der Waals surface area contributed by atoms with Crippen molar-refractivity contribution in [2.24, 2.45) is 0 Å². The fourth-order valence-corrected chi connectivity index (χ4v) is 3.18. The molecule has 0 aliphatic carbocycles. The van der Waals surface area contributed by atoms with Crippen molar-refractivity contribution in [3.05, 3.63) is 35.0 Å². The van der Waals surface area contributed by atoms with Gasteiger partial charge < -0.3 is 5.11 Å². The Kier molecular flexibility index (Phi) is 4.51. The molecule has 1 N–H and O–H groups in total. The molecule has 2 rings (SSSR count). The Morgan fingerprint density at radius 2 is 2.20 bits per heavy atom. The highest BCUT2D eigenvalue weighted by Crippen LogP contribution is 2.34. The van der Waals surface area contributed by atoms with Crippen LogP contribution in [-0.4, -0.2) is 37.2 Å². The fraction of sp³-hybridized carbons (Fsp3) is 0.231. The first-order valence-corrected chi connectivity index (χ1v) is 7.17. The lowest BCUT2D eigenvalue weighted by Crippen LogP contribution is -2.43. The Morgan fingerprint density at radius 1 is 1.55 bits per heavy atom. The lowest BCUT2D eigenvalue weighted by molar-refractivity contribution is -0.145. The van der Waals surface area contributed by atoms with Gasteiger partial charge in [0.25, 0.3) is 5.91 Å². The third-order valence-electron chi connectivity index (χ3n) is 2.81. The molecule has 0 radical (unpaired) electrons. The summed E-state index contributed by atoms with van der Waals surface area (Å²) >= 11 is 6.25. The molecule has 20 heavy (non-hydrogen) atoms. The minimum absolute atomic E-state index is 0.282. The molecule has 1 aromatic rings. The third kappa shape index (κ3) is 2.88. The van der Waals surface area contributed by atoms with Gasteiger partial charge in [0.15, 0.2) is 0 Å². The lowest BCUT2D eigenvalue weighted by Gasteiger charge is -2.21. The smallest absolute Gasteiger partial charge is 0.326 e. The van der Waals surface area contributed by atoms with Gasteiger partial charge in [-0.25, -0.2) is 4.79 Å². The van der Waals surface area contributed by atoms with Crippen molar-refractivity contribution < 1.29 is 14.7 Å². The van der Waals surface area contributed by atoms with Crippen LogP contribution in [0.1, 0.15) is 18.9 Å². The van der Waals surface area contributed by atoms with Gasteiger partial charge in [0.2, 0.25) is 0 Å². The van der Waals surface area contributed by atoms with Crippen LogP contribution in [0.3, 0.4) is 0 Å². The van der Waals surface area contributed by atoms with Crippen molar-refractivity contribution in [3.8, 4) is 0 Å². The number of carboxylic acid groups (broad SMARTS) is 1. The second kappa shape index (κ2) is 6.15. The maximum absolute atomic E-state index is 12.3. The first-order chi connectivity index (χ1) is 9.54. The largest absolute Gasteiger partial charge is 0.480 e. The number of aliphatic carboxylic acids is 1. The van der Waals surface area contributed by atoms with Crippen LogP contribution in [0.4, 0.5) is 0 Å². The minimum atomic E-state index is -1.05. The highest BCUT2D eigenvalue weighted by atomic mass is 32.2. The predicted octanol–water partition coefficient (Wildman–Crippen LogP) is 2.15. The average molecular weight is 308 g/mol. The molecule has 1 aromatic heterocycles. The molecule has 1 aliphatic rings. The maximum atomic E-state index is 12.3. The monoisotopic (exact) mass is 308 g/mol. The van der Waals surface area contributed by atoms with Crippen molar-refractivity contribution in [1.82, 2.24) is 9.88 Å². The van der Waals surface area contributed by atoms with Crippen LogP contribution in [0.15, 0.2) is 29.4 Å². The van der Waals surface area contributed by atoms with Gasteiger partial charge in [-0.05, 0) is 30.2 Å². The number of thiocarbonyl (C=S) groups is 1. The zero-order chi connectivity index (χ0) is 14.7. The predicted molar refractivity (Wildman–Crippen MR) is 81.0 cm³/mol. The number of hydrogen-bond acceptors (Lipinski definition) is 5. The number of pyridine rings is 1. The van der Waals surface area contributed by atoms with Crippen LogP contribution in [0.2, 0.25) is 0 Å². The van der Waals surface area contributed by atoms with Crippen LogP contribution in [-0.2, 0) is 9.59 Å². The molecule has 2 heterocycles. The molecule has 5 nitrogen and oxygen atoms in total. The molecule has 104 valence electrons. The molecule has 1 atom stereocenters. The van der Waals surface area contributed by atoms with Crippen molar-refractivity contribution in [3.63, 3.8) is 0 Å². The molecule has 1 fully saturated rings. The van der Waals surface area contributed by atoms with Gasteiger partial charge in [0.05, 0.1) is 4.91 Å². The molecule has 0 bridgehead atoms. The average Bonchev–Trinajstić information content (AvgIpc) is 2.68. The standard InChI is InChI=1S/C13H12N2O3S2/c1-2-9(12(17)18)15-11(16)10(20-13(15)19)7-8-3-5-14-6-4-8/h3-7,9H,2H2,1H3,(H,17,18)/b10-7-. The summed E-state index contributed by atoms with van der Waals surface area (Å²) in [4.78, 5) is 29.0. The molecule has 1 aliphatic heterocycles. The van der Waals surface area contributed by atoms with E-state index >= 15 is 0 Å². The Bertz CT molecular complexity index is 587. The van der Waals surface area contributed by atoms with Gasteiger partial charge in [0.1, 0.15) is 10.4 Å². The van der Waals surface area contributed by atoms with E-state index in [4.69, 9.17) is 17.3 Å². The summed E-state index contributed by atoms with van der Waals surface area (Å²) in [6, 6.07) is 2.62. The van der Waals surface area contributed by atoms with Gasteiger partial charge >= 0.3 is 5.97 Å². The summed E-state index contributed by atoms with van der Waals surface area (Å²) in [5.74, 6) is -1.40. The highest BCUT2D eigenvalue weighted by molar-refractivity contribution is 8.26. The van der Waals surface area contributed by atoms with E-state index in [1.165, 1.54) is 4.90 Å². The van der Waals surface area contributed by atoms with E-state index < -0.39 is 12.0 Å². The summed E-state index contributed by atoms with van der Waals surface area (Å²) in [5.41, 5.74) is 0.823. The van der Waals surface area contributed by atoms with E-state index in [0.29, 0.717) is 11.3 Å². The Labute approximate surface area is 125 Å². The van der Waals surface area contributed by atoms with E-state index in [9.17, 15) is 9.59 Å². The Morgan fingerprint density at radius 3 is 2.75 bits per heavy atom. The molecular formula is C13H12N2O3S2. The number of carbonyl (C=O) groups excluding carboxylic acids is 1.